The van der Waals surface area contributed by atoms with Crippen LogP contribution in [-0.4, -0.2) is 55.2 Å². The Labute approximate surface area is 220 Å². The Kier molecular flexibility index (Phi) is 8.01. The second-order valence-electron chi connectivity index (χ2n) is 9.50. The summed E-state index contributed by atoms with van der Waals surface area (Å²) in [5, 5.41) is 16.6. The third-order valence-corrected chi connectivity index (χ3v) is 6.70. The van der Waals surface area contributed by atoms with Gasteiger partial charge in [-0.3, -0.25) is 4.79 Å². The number of benzene rings is 3. The molecule has 2 saturated heterocycles. The molecule has 38 heavy (non-hydrogen) atoms. The summed E-state index contributed by atoms with van der Waals surface area (Å²) in [4.78, 5) is 23.8. The van der Waals surface area contributed by atoms with Crippen molar-refractivity contribution in [3.05, 3.63) is 83.9 Å². The molecule has 3 aromatic carbocycles. The van der Waals surface area contributed by atoms with Crippen LogP contribution >= 0.6 is 0 Å². The predicted molar refractivity (Wildman–Crippen MR) is 134 cm³/mol. The third-order valence-electron chi connectivity index (χ3n) is 6.70. The molecule has 5 rings (SSSR count). The molecule has 0 radical (unpaired) electrons. The van der Waals surface area contributed by atoms with E-state index in [1.54, 1.807) is 0 Å². The average molecular weight is 521 g/mol. The third kappa shape index (κ3) is 5.87. The van der Waals surface area contributed by atoms with Crippen molar-refractivity contribution in [3.8, 4) is 0 Å². The molecule has 1 amide bonds. The molecule has 2 heterocycles. The van der Waals surface area contributed by atoms with Crippen LogP contribution in [0.3, 0.4) is 0 Å². The van der Waals surface area contributed by atoms with Gasteiger partial charge in [-0.25, -0.2) is 0 Å². The Morgan fingerprint density at radius 1 is 1.03 bits per heavy atom. The van der Waals surface area contributed by atoms with Gasteiger partial charge in [-0.1, -0.05) is 66.7 Å². The summed E-state index contributed by atoms with van der Waals surface area (Å²) in [5.41, 5.74) is 1.71. The average Bonchev–Trinajstić information content (AvgIpc) is 2.93. The first-order chi connectivity index (χ1) is 18.4. The number of carboxylic acid groups (broad SMARTS) is 1. The van der Waals surface area contributed by atoms with Gasteiger partial charge in [-0.15, -0.1) is 0 Å². The fraction of sp³-hybridized carbons (Fsp3) is 0.379. The largest absolute Gasteiger partial charge is 0.547 e. The summed E-state index contributed by atoms with van der Waals surface area (Å²) < 4.78 is 30.5. The molecule has 1 N–H and O–H groups in total. The Bertz CT molecular complexity index is 1270. The minimum Gasteiger partial charge on any atom is -0.547 e. The van der Waals surface area contributed by atoms with E-state index in [2.05, 4.69) is 5.32 Å². The number of fused-ring (bicyclic) bond motifs is 2. The van der Waals surface area contributed by atoms with Crippen LogP contribution in [0.5, 0.6) is 0 Å². The number of nitrogens with one attached hydrogen (secondary N) is 1. The van der Waals surface area contributed by atoms with Crippen molar-refractivity contribution in [1.82, 2.24) is 5.32 Å². The van der Waals surface area contributed by atoms with E-state index in [1.807, 2.05) is 72.8 Å². The first kappa shape index (κ1) is 26.3. The fourth-order valence-electron chi connectivity index (χ4n) is 4.84. The van der Waals surface area contributed by atoms with E-state index in [-0.39, 0.29) is 19.1 Å². The zero-order valence-corrected chi connectivity index (χ0v) is 21.1. The van der Waals surface area contributed by atoms with Crippen molar-refractivity contribution >= 4 is 22.6 Å². The standard InChI is InChI=1S/C29H31NO8/c1-17(27(32)33)36-26-24(30-18(2)31)29(34-15-19-12-13-20-8-6-7-11-22(20)14-19)37-23-16-35-28(38-25(23)26)21-9-4-3-5-10-21/h3-14,17,23-26,28-29H,15-16H2,1-2H3,(H,30,31)(H,32,33)/p-1/t17-,23+,24+,25+,26+,28-,29-/m1/s1. The number of carboxylic acids is 1. The zero-order chi connectivity index (χ0) is 26.6. The van der Waals surface area contributed by atoms with Crippen molar-refractivity contribution in [1.29, 1.82) is 0 Å². The number of rotatable bonds is 8. The van der Waals surface area contributed by atoms with Gasteiger partial charge in [0.05, 0.1) is 25.3 Å². The lowest BCUT2D eigenvalue weighted by Crippen LogP contribution is -2.68. The molecule has 9 heteroatoms. The second kappa shape index (κ2) is 11.6. The molecular weight excluding hydrogens is 490 g/mol. The van der Waals surface area contributed by atoms with Crippen LogP contribution in [0.15, 0.2) is 72.8 Å². The molecule has 2 aliphatic heterocycles. The van der Waals surface area contributed by atoms with Gasteiger partial charge in [-0.2, -0.15) is 0 Å². The molecule has 7 atom stereocenters. The van der Waals surface area contributed by atoms with Crippen LogP contribution in [0.1, 0.15) is 31.3 Å². The zero-order valence-electron chi connectivity index (χ0n) is 21.1. The summed E-state index contributed by atoms with van der Waals surface area (Å²) in [6, 6.07) is 22.5. The molecular formula is C29H30NO8-. The van der Waals surface area contributed by atoms with Crippen molar-refractivity contribution in [2.45, 2.75) is 63.5 Å². The minimum atomic E-state index is -1.38. The van der Waals surface area contributed by atoms with Crippen LogP contribution in [0.2, 0.25) is 0 Å². The summed E-state index contributed by atoms with van der Waals surface area (Å²) >= 11 is 0. The SMILES string of the molecule is CC(=O)N[C@@H]1[C@H](OCc2ccc3ccccc3c2)O[C@H]2CO[C@@H](c3ccccc3)O[C@@H]2[C@H]1O[C@H](C)C(=O)[O-]. The van der Waals surface area contributed by atoms with Gasteiger partial charge in [-0.05, 0) is 29.3 Å². The molecule has 2 aliphatic rings. The maximum atomic E-state index is 12.2. The molecule has 0 spiro atoms. The maximum absolute atomic E-state index is 12.2. The molecule has 9 nitrogen and oxygen atoms in total. The Morgan fingerprint density at radius 2 is 1.76 bits per heavy atom. The Hall–Kier alpha value is -3.34. The molecule has 0 unspecified atom stereocenters. The topological polar surface area (TPSA) is 115 Å². The van der Waals surface area contributed by atoms with E-state index in [9.17, 15) is 14.7 Å². The predicted octanol–water partition coefficient (Wildman–Crippen LogP) is 2.22. The number of ether oxygens (including phenoxy) is 5. The van der Waals surface area contributed by atoms with E-state index < -0.39 is 49.0 Å². The van der Waals surface area contributed by atoms with E-state index in [4.69, 9.17) is 23.7 Å². The Balaban J connectivity index is 1.40. The lowest BCUT2D eigenvalue weighted by molar-refractivity contribution is -0.358. The van der Waals surface area contributed by atoms with Gasteiger partial charge in [0.15, 0.2) is 12.6 Å². The van der Waals surface area contributed by atoms with Gasteiger partial charge in [0.1, 0.15) is 24.4 Å². The first-order valence-corrected chi connectivity index (χ1v) is 12.6. The number of hydrogen-bond donors (Lipinski definition) is 1. The number of carbonyl (C=O) groups is 2. The van der Waals surface area contributed by atoms with E-state index in [0.717, 1.165) is 21.9 Å². The smallest absolute Gasteiger partial charge is 0.217 e. The Morgan fingerprint density at radius 3 is 2.50 bits per heavy atom. The number of amides is 1. The van der Waals surface area contributed by atoms with Crippen molar-refractivity contribution in [3.63, 3.8) is 0 Å². The molecule has 0 bridgehead atoms. The number of hydrogen-bond acceptors (Lipinski definition) is 8. The highest BCUT2D eigenvalue weighted by atomic mass is 16.8. The summed E-state index contributed by atoms with van der Waals surface area (Å²) in [5.74, 6) is -1.73. The van der Waals surface area contributed by atoms with Crippen LogP contribution in [0.4, 0.5) is 0 Å². The monoisotopic (exact) mass is 520 g/mol. The van der Waals surface area contributed by atoms with Gasteiger partial charge < -0.3 is 38.9 Å². The van der Waals surface area contributed by atoms with E-state index in [0.29, 0.717) is 0 Å². The van der Waals surface area contributed by atoms with Crippen LogP contribution in [-0.2, 0) is 39.9 Å². The van der Waals surface area contributed by atoms with Crippen molar-refractivity contribution in [2.75, 3.05) is 6.61 Å². The highest BCUT2D eigenvalue weighted by Gasteiger charge is 2.52. The second-order valence-corrected chi connectivity index (χ2v) is 9.50. The van der Waals surface area contributed by atoms with Gasteiger partial charge in [0.25, 0.3) is 0 Å². The normalized spacial score (nSPS) is 27.8. The quantitative estimate of drug-likeness (QED) is 0.481. The van der Waals surface area contributed by atoms with Crippen LogP contribution in [0, 0.1) is 0 Å². The molecule has 0 aliphatic carbocycles. The van der Waals surface area contributed by atoms with Crippen LogP contribution in [0.25, 0.3) is 10.8 Å². The van der Waals surface area contributed by atoms with Gasteiger partial charge in [0, 0.05) is 12.5 Å². The van der Waals surface area contributed by atoms with Crippen molar-refractivity contribution in [2.24, 2.45) is 0 Å². The van der Waals surface area contributed by atoms with Crippen LogP contribution < -0.4 is 10.4 Å². The number of carbonyl (C=O) groups excluding carboxylic acids is 2. The molecule has 3 aromatic rings. The lowest BCUT2D eigenvalue weighted by atomic mass is 9.95. The van der Waals surface area contributed by atoms with E-state index >= 15 is 0 Å². The van der Waals surface area contributed by atoms with Gasteiger partial charge in [0.2, 0.25) is 5.91 Å². The molecule has 0 aromatic heterocycles. The summed E-state index contributed by atoms with van der Waals surface area (Å²) in [7, 11) is 0. The first-order valence-electron chi connectivity index (χ1n) is 12.6. The highest BCUT2D eigenvalue weighted by molar-refractivity contribution is 5.82. The summed E-state index contributed by atoms with van der Waals surface area (Å²) in [6.45, 7) is 3.10. The summed E-state index contributed by atoms with van der Waals surface area (Å²) in [6.07, 6.45) is -5.21. The molecule has 2 fully saturated rings. The maximum Gasteiger partial charge on any atom is 0.217 e. The van der Waals surface area contributed by atoms with E-state index in [1.165, 1.54) is 13.8 Å². The molecule has 0 saturated carbocycles. The number of aliphatic carboxylic acids is 1. The fourth-order valence-corrected chi connectivity index (χ4v) is 4.84. The minimum absolute atomic E-state index is 0.159. The van der Waals surface area contributed by atoms with Gasteiger partial charge >= 0.3 is 0 Å². The molecule has 200 valence electrons. The van der Waals surface area contributed by atoms with Crippen molar-refractivity contribution < 1.29 is 38.4 Å². The lowest BCUT2D eigenvalue weighted by Gasteiger charge is -2.49. The highest BCUT2D eigenvalue weighted by Crippen LogP contribution is 2.36.